The summed E-state index contributed by atoms with van der Waals surface area (Å²) >= 11 is 0. The third-order valence-electron chi connectivity index (χ3n) is 6.16. The lowest BCUT2D eigenvalue weighted by Gasteiger charge is -2.34. The van der Waals surface area contributed by atoms with Crippen LogP contribution in [0.4, 0.5) is 0 Å². The van der Waals surface area contributed by atoms with Gasteiger partial charge in [0.15, 0.2) is 0 Å². The largest absolute Gasteiger partial charge is 0.434 e. The summed E-state index contributed by atoms with van der Waals surface area (Å²) in [7, 11) is 0. The van der Waals surface area contributed by atoms with Crippen LogP contribution >= 0.6 is 0 Å². The van der Waals surface area contributed by atoms with Gasteiger partial charge in [-0.3, -0.25) is 24.0 Å². The van der Waals surface area contributed by atoms with E-state index in [1.807, 2.05) is 6.08 Å². The van der Waals surface area contributed by atoms with Gasteiger partial charge in [-0.05, 0) is 25.7 Å². The molecule has 174 valence electrons. The average Bonchev–Trinajstić information content (AvgIpc) is 3.36. The van der Waals surface area contributed by atoms with Gasteiger partial charge in [0.05, 0.1) is 6.42 Å². The van der Waals surface area contributed by atoms with E-state index in [0.29, 0.717) is 19.3 Å². The molecular weight excluding hydrogens is 430 g/mol. The Hall–Kier alpha value is -3.53. The first-order chi connectivity index (χ1) is 15.8. The van der Waals surface area contributed by atoms with Crippen LogP contribution in [-0.4, -0.2) is 69.9 Å². The number of Topliss-reactive ketones (excluding diaryl/α,β-unsaturated/α-hetero) is 1. The first-order valence-corrected chi connectivity index (χ1v) is 10.9. The lowest BCUT2D eigenvalue weighted by molar-refractivity contribution is -0.155. The Balaban J connectivity index is 1.48. The molecule has 0 aliphatic carbocycles. The van der Waals surface area contributed by atoms with Crippen molar-refractivity contribution in [1.29, 1.82) is 0 Å². The maximum Gasteiger partial charge on any atom is 0.310 e. The van der Waals surface area contributed by atoms with Gasteiger partial charge < -0.3 is 25.4 Å². The van der Waals surface area contributed by atoms with Gasteiger partial charge in [-0.2, -0.15) is 0 Å². The molecule has 0 saturated carbocycles. The molecule has 3 N–H and O–H groups in total. The van der Waals surface area contributed by atoms with E-state index in [1.54, 1.807) is 24.3 Å². The van der Waals surface area contributed by atoms with Crippen molar-refractivity contribution in [2.75, 3.05) is 0 Å². The molecule has 4 rings (SSSR count). The fourth-order valence-electron chi connectivity index (χ4n) is 4.48. The van der Waals surface area contributed by atoms with Gasteiger partial charge in [0.2, 0.25) is 23.9 Å². The summed E-state index contributed by atoms with van der Waals surface area (Å²) in [5.74, 6) is -3.20. The molecule has 10 nitrogen and oxygen atoms in total. The number of amides is 3. The predicted molar refractivity (Wildman–Crippen MR) is 113 cm³/mol. The Labute approximate surface area is 190 Å². The van der Waals surface area contributed by atoms with E-state index >= 15 is 0 Å². The minimum absolute atomic E-state index is 0.153. The molecule has 2 fully saturated rings. The zero-order chi connectivity index (χ0) is 23.5. The minimum atomic E-state index is -1.43. The van der Waals surface area contributed by atoms with E-state index in [-0.39, 0.29) is 24.4 Å². The quantitative estimate of drug-likeness (QED) is 0.242. The highest BCUT2D eigenvalue weighted by Crippen LogP contribution is 2.30. The molecule has 0 aromatic heterocycles. The van der Waals surface area contributed by atoms with Crippen molar-refractivity contribution >= 4 is 29.5 Å². The Morgan fingerprint density at radius 1 is 1.00 bits per heavy atom. The zero-order valence-corrected chi connectivity index (χ0v) is 17.8. The first kappa shape index (κ1) is 22.7. The van der Waals surface area contributed by atoms with Crippen molar-refractivity contribution in [1.82, 2.24) is 15.5 Å². The molecule has 10 heteroatoms. The number of nitrogens with one attached hydrogen (secondary N) is 2. The normalized spacial score (nSPS) is 29.0. The molecule has 5 atom stereocenters. The molecule has 5 unspecified atom stereocenters. The van der Waals surface area contributed by atoms with Crippen LogP contribution in [0, 0.1) is 0 Å². The third-order valence-corrected chi connectivity index (χ3v) is 6.16. The average molecular weight is 455 g/mol. The van der Waals surface area contributed by atoms with Crippen LogP contribution in [0.3, 0.4) is 0 Å². The molecule has 0 radical (unpaired) electrons. The summed E-state index contributed by atoms with van der Waals surface area (Å²) in [6.07, 6.45) is 3.84. The highest BCUT2D eigenvalue weighted by molar-refractivity contribution is 6.43. The third kappa shape index (κ3) is 4.80. The van der Waals surface area contributed by atoms with Crippen molar-refractivity contribution < 1.29 is 33.8 Å². The number of nitrogens with zero attached hydrogens (tertiary/aromatic N) is 1. The summed E-state index contributed by atoms with van der Waals surface area (Å²) in [5, 5.41) is 14.9. The lowest BCUT2D eigenvalue weighted by atomic mass is 10.0. The van der Waals surface area contributed by atoms with Crippen molar-refractivity contribution in [3.8, 4) is 0 Å². The molecule has 3 amide bonds. The number of esters is 1. The van der Waals surface area contributed by atoms with Gasteiger partial charge in [0, 0.05) is 11.6 Å². The van der Waals surface area contributed by atoms with Gasteiger partial charge >= 0.3 is 5.97 Å². The molecule has 3 aliphatic heterocycles. The van der Waals surface area contributed by atoms with E-state index in [1.165, 1.54) is 17.0 Å². The second-order valence-corrected chi connectivity index (χ2v) is 8.36. The molecule has 1 aromatic rings. The Morgan fingerprint density at radius 3 is 2.42 bits per heavy atom. The van der Waals surface area contributed by atoms with E-state index < -0.39 is 53.9 Å². The smallest absolute Gasteiger partial charge is 0.310 e. The van der Waals surface area contributed by atoms with Gasteiger partial charge in [-0.1, -0.05) is 42.5 Å². The summed E-state index contributed by atoms with van der Waals surface area (Å²) in [4.78, 5) is 64.2. The number of hydrogen-bond donors (Lipinski definition) is 3. The highest BCUT2D eigenvalue weighted by Gasteiger charge is 2.45. The molecule has 2 saturated heterocycles. The molecule has 0 spiro atoms. The fourth-order valence-corrected chi connectivity index (χ4v) is 4.48. The van der Waals surface area contributed by atoms with Crippen LogP contribution < -0.4 is 10.6 Å². The van der Waals surface area contributed by atoms with E-state index in [2.05, 4.69) is 15.4 Å². The molecule has 3 aliphatic rings. The number of rotatable bonds is 5. The number of aliphatic hydroxyl groups is 1. The van der Waals surface area contributed by atoms with Crippen LogP contribution in [0.5, 0.6) is 0 Å². The number of cyclic esters (lactones) is 1. The summed E-state index contributed by atoms with van der Waals surface area (Å²) in [6, 6.07) is 5.11. The number of ether oxygens (including phenoxy) is 1. The van der Waals surface area contributed by atoms with Crippen molar-refractivity contribution in [3.05, 3.63) is 48.0 Å². The van der Waals surface area contributed by atoms with Crippen LogP contribution in [-0.2, 0) is 23.9 Å². The van der Waals surface area contributed by atoms with Crippen molar-refractivity contribution in [2.24, 2.45) is 0 Å². The molecular formula is C23H25N3O7. The second kappa shape index (κ2) is 9.53. The van der Waals surface area contributed by atoms with Crippen molar-refractivity contribution in [2.45, 2.75) is 62.6 Å². The molecule has 0 bridgehead atoms. The number of fused-ring (bicyclic) bond motifs is 1. The van der Waals surface area contributed by atoms with Crippen LogP contribution in [0.1, 0.15) is 42.5 Å². The maximum atomic E-state index is 13.4. The van der Waals surface area contributed by atoms with Crippen molar-refractivity contribution in [3.63, 3.8) is 0 Å². The van der Waals surface area contributed by atoms with E-state index in [0.717, 1.165) is 0 Å². The Bertz CT molecular complexity index is 993. The van der Waals surface area contributed by atoms with Crippen LogP contribution in [0.2, 0.25) is 0 Å². The van der Waals surface area contributed by atoms with E-state index in [9.17, 15) is 29.1 Å². The predicted octanol–water partition coefficient (Wildman–Crippen LogP) is -0.186. The number of benzene rings is 1. The van der Waals surface area contributed by atoms with Crippen LogP contribution in [0.25, 0.3) is 0 Å². The monoisotopic (exact) mass is 455 g/mol. The van der Waals surface area contributed by atoms with Gasteiger partial charge in [-0.25, -0.2) is 0 Å². The SMILES string of the molecule is O=C1CC(NC(=O)C2CCC3CC=CCC(NC(=O)C(=O)c4ccccc4)C(=O)N32)C(O)O1. The lowest BCUT2D eigenvalue weighted by Crippen LogP contribution is -2.57. The summed E-state index contributed by atoms with van der Waals surface area (Å²) < 4.78 is 4.65. The van der Waals surface area contributed by atoms with E-state index in [4.69, 9.17) is 0 Å². The van der Waals surface area contributed by atoms with Gasteiger partial charge in [-0.15, -0.1) is 0 Å². The first-order valence-electron chi connectivity index (χ1n) is 10.9. The minimum Gasteiger partial charge on any atom is -0.434 e. The number of aliphatic hydroxyl groups excluding tert-OH is 1. The number of hydrogen-bond acceptors (Lipinski definition) is 7. The van der Waals surface area contributed by atoms with Gasteiger partial charge in [0.1, 0.15) is 18.1 Å². The number of carbonyl (C=O) groups excluding carboxylic acids is 5. The fraction of sp³-hybridized carbons (Fsp3) is 0.435. The Kier molecular flexibility index (Phi) is 6.55. The van der Waals surface area contributed by atoms with Crippen LogP contribution in [0.15, 0.2) is 42.5 Å². The number of carbonyl (C=O) groups is 5. The second-order valence-electron chi connectivity index (χ2n) is 8.36. The zero-order valence-electron chi connectivity index (χ0n) is 17.8. The Morgan fingerprint density at radius 2 is 1.73 bits per heavy atom. The molecule has 3 heterocycles. The highest BCUT2D eigenvalue weighted by atomic mass is 16.6. The number of ketones is 1. The van der Waals surface area contributed by atoms with Gasteiger partial charge in [0.25, 0.3) is 5.91 Å². The maximum absolute atomic E-state index is 13.4. The standard InChI is InChI=1S/C23H25N3O7/c27-18-12-16(23(32)33-18)25-20(29)17-11-10-14-8-4-5-9-15(22(31)26(14)17)24-21(30)19(28)13-6-2-1-3-7-13/h1-7,14-17,23,32H,8-12H2,(H,24,30)(H,25,29). The molecule has 33 heavy (non-hydrogen) atoms. The topological polar surface area (TPSA) is 142 Å². The summed E-state index contributed by atoms with van der Waals surface area (Å²) in [6.45, 7) is 0. The summed E-state index contributed by atoms with van der Waals surface area (Å²) in [5.41, 5.74) is 0.215. The molecule has 1 aromatic carbocycles.